The maximum absolute atomic E-state index is 9.38. The Labute approximate surface area is 119 Å². The summed E-state index contributed by atoms with van der Waals surface area (Å²) in [5.41, 5.74) is 5.24. The van der Waals surface area contributed by atoms with Crippen LogP contribution < -0.4 is 5.32 Å². The van der Waals surface area contributed by atoms with Crippen LogP contribution in [0.5, 0.6) is 0 Å². The predicted octanol–water partition coefficient (Wildman–Crippen LogP) is 3.97. The smallest absolute Gasteiger partial charge is 0.102 e. The number of benzene rings is 2. The van der Waals surface area contributed by atoms with Gasteiger partial charge in [0.1, 0.15) is 6.07 Å². The molecule has 3 rings (SSSR count). The molecule has 1 fully saturated rings. The van der Waals surface area contributed by atoms with Crippen LogP contribution in [0.4, 0.5) is 0 Å². The lowest BCUT2D eigenvalue weighted by molar-refractivity contribution is 0.904. The predicted molar refractivity (Wildman–Crippen MR) is 81.6 cm³/mol. The first-order chi connectivity index (χ1) is 9.88. The van der Waals surface area contributed by atoms with Gasteiger partial charge in [-0.15, -0.1) is 0 Å². The maximum atomic E-state index is 9.38. The van der Waals surface area contributed by atoms with E-state index in [-0.39, 0.29) is 0 Å². The number of nitrogens with zero attached hydrogens (tertiary/aromatic N) is 1. The molecule has 1 heterocycles. The van der Waals surface area contributed by atoms with E-state index in [0.717, 1.165) is 36.2 Å². The van der Waals surface area contributed by atoms with Gasteiger partial charge in [0.2, 0.25) is 0 Å². The Morgan fingerprint density at radius 2 is 1.65 bits per heavy atom. The minimum atomic E-state index is 0.780. The molecule has 98 valence electrons. The van der Waals surface area contributed by atoms with Crippen LogP contribution in [-0.2, 0) is 0 Å². The second kappa shape index (κ2) is 5.63. The number of hydrogen-bond donors (Lipinski definition) is 1. The molecule has 1 aliphatic rings. The summed E-state index contributed by atoms with van der Waals surface area (Å²) in [4.78, 5) is 0. The monoisotopic (exact) mass is 260 g/mol. The highest BCUT2D eigenvalue weighted by Crippen LogP contribution is 2.25. The van der Waals surface area contributed by atoms with Gasteiger partial charge < -0.3 is 5.32 Å². The molecule has 0 unspecified atom stereocenters. The first-order valence-corrected chi connectivity index (χ1v) is 6.91. The number of nitrogens with one attached hydrogen (secondary N) is 1. The van der Waals surface area contributed by atoms with Gasteiger partial charge in [0, 0.05) is 12.2 Å². The maximum Gasteiger partial charge on any atom is 0.102 e. The van der Waals surface area contributed by atoms with Gasteiger partial charge in [0.05, 0.1) is 5.57 Å². The van der Waals surface area contributed by atoms with Crippen LogP contribution in [0.15, 0.2) is 60.3 Å². The third-order valence-corrected chi connectivity index (χ3v) is 3.64. The molecule has 0 amide bonds. The summed E-state index contributed by atoms with van der Waals surface area (Å²) in [6.45, 7) is 0.975. The molecule has 1 N–H and O–H groups in total. The van der Waals surface area contributed by atoms with Crippen LogP contribution in [0.25, 0.3) is 16.7 Å². The van der Waals surface area contributed by atoms with Gasteiger partial charge in [-0.1, -0.05) is 54.6 Å². The zero-order chi connectivity index (χ0) is 13.8. The fraction of sp³-hybridized carbons (Fsp3) is 0.167. The Morgan fingerprint density at radius 3 is 2.25 bits per heavy atom. The molecular weight excluding hydrogens is 244 g/mol. The molecule has 0 saturated carbocycles. The molecule has 20 heavy (non-hydrogen) atoms. The van der Waals surface area contributed by atoms with E-state index in [1.165, 1.54) is 11.1 Å². The lowest BCUT2D eigenvalue weighted by Crippen LogP contribution is -2.05. The molecular formula is C18H16N2. The van der Waals surface area contributed by atoms with E-state index in [1.54, 1.807) is 0 Å². The van der Waals surface area contributed by atoms with Crippen LogP contribution in [-0.4, -0.2) is 6.54 Å². The van der Waals surface area contributed by atoms with E-state index in [4.69, 9.17) is 0 Å². The summed E-state index contributed by atoms with van der Waals surface area (Å²) < 4.78 is 0. The van der Waals surface area contributed by atoms with E-state index in [0.29, 0.717) is 0 Å². The van der Waals surface area contributed by atoms with Gasteiger partial charge in [0.15, 0.2) is 0 Å². The van der Waals surface area contributed by atoms with Crippen molar-refractivity contribution in [2.75, 3.05) is 6.54 Å². The molecule has 0 radical (unpaired) electrons. The number of nitriles is 1. The standard InChI is InChI=1S/C18H16N2/c19-13-17(18-7-4-12-20-18)16-10-8-15(9-11-16)14-5-2-1-3-6-14/h1-3,5-6,8-11,20H,4,7,12H2. The highest BCUT2D eigenvalue weighted by molar-refractivity contribution is 5.80. The van der Waals surface area contributed by atoms with Crippen molar-refractivity contribution in [2.24, 2.45) is 0 Å². The third-order valence-electron chi connectivity index (χ3n) is 3.64. The topological polar surface area (TPSA) is 35.8 Å². The third kappa shape index (κ3) is 2.44. The molecule has 0 spiro atoms. The minimum Gasteiger partial charge on any atom is -0.387 e. The first kappa shape index (κ1) is 12.5. The van der Waals surface area contributed by atoms with Crippen molar-refractivity contribution in [3.05, 3.63) is 65.9 Å². The molecule has 2 aromatic carbocycles. The Bertz CT molecular complexity index is 653. The Hall–Kier alpha value is -2.53. The van der Waals surface area contributed by atoms with Crippen LogP contribution in [0, 0.1) is 11.3 Å². The van der Waals surface area contributed by atoms with Gasteiger partial charge in [-0.2, -0.15) is 5.26 Å². The molecule has 0 atom stereocenters. The highest BCUT2D eigenvalue weighted by Gasteiger charge is 2.13. The van der Waals surface area contributed by atoms with Crippen molar-refractivity contribution in [3.8, 4) is 17.2 Å². The Balaban J connectivity index is 1.94. The van der Waals surface area contributed by atoms with Gasteiger partial charge in [-0.05, 0) is 29.5 Å². The van der Waals surface area contributed by atoms with Crippen molar-refractivity contribution < 1.29 is 0 Å². The van der Waals surface area contributed by atoms with Crippen molar-refractivity contribution in [2.45, 2.75) is 12.8 Å². The fourth-order valence-electron chi connectivity index (χ4n) is 2.57. The highest BCUT2D eigenvalue weighted by atomic mass is 14.9. The van der Waals surface area contributed by atoms with Crippen LogP contribution in [0.3, 0.4) is 0 Å². The summed E-state index contributed by atoms with van der Waals surface area (Å²) in [6, 6.07) is 20.8. The Morgan fingerprint density at radius 1 is 0.950 bits per heavy atom. The summed E-state index contributed by atoms with van der Waals surface area (Å²) in [6.07, 6.45) is 2.09. The van der Waals surface area contributed by atoms with Crippen molar-refractivity contribution in [1.29, 1.82) is 5.26 Å². The first-order valence-electron chi connectivity index (χ1n) is 6.91. The van der Waals surface area contributed by atoms with Gasteiger partial charge in [-0.3, -0.25) is 0 Å². The van der Waals surface area contributed by atoms with E-state index in [1.807, 2.05) is 30.3 Å². The second-order valence-electron chi connectivity index (χ2n) is 4.94. The zero-order valence-corrected chi connectivity index (χ0v) is 11.3. The largest absolute Gasteiger partial charge is 0.387 e. The molecule has 0 aromatic heterocycles. The number of hydrogen-bond acceptors (Lipinski definition) is 2. The van der Waals surface area contributed by atoms with Crippen molar-refractivity contribution in [1.82, 2.24) is 5.32 Å². The average Bonchev–Trinajstić information content (AvgIpc) is 3.04. The molecule has 1 saturated heterocycles. The van der Waals surface area contributed by atoms with Crippen LogP contribution >= 0.6 is 0 Å². The van der Waals surface area contributed by atoms with E-state index < -0.39 is 0 Å². The fourth-order valence-corrected chi connectivity index (χ4v) is 2.57. The van der Waals surface area contributed by atoms with Crippen molar-refractivity contribution in [3.63, 3.8) is 0 Å². The molecule has 2 nitrogen and oxygen atoms in total. The number of allylic oxidation sites excluding steroid dienone is 2. The average molecular weight is 260 g/mol. The SMILES string of the molecule is N#CC(=C1CCCN1)c1ccc(-c2ccccc2)cc1. The lowest BCUT2D eigenvalue weighted by atomic mass is 9.99. The van der Waals surface area contributed by atoms with Gasteiger partial charge in [-0.25, -0.2) is 0 Å². The quantitative estimate of drug-likeness (QED) is 0.829. The number of rotatable bonds is 2. The molecule has 1 aliphatic heterocycles. The summed E-state index contributed by atoms with van der Waals surface area (Å²) in [7, 11) is 0. The van der Waals surface area contributed by atoms with E-state index in [9.17, 15) is 5.26 Å². The Kier molecular flexibility index (Phi) is 3.52. The van der Waals surface area contributed by atoms with Crippen molar-refractivity contribution >= 4 is 5.57 Å². The zero-order valence-electron chi connectivity index (χ0n) is 11.3. The normalized spacial score (nSPS) is 16.4. The van der Waals surface area contributed by atoms with E-state index in [2.05, 4.69) is 35.7 Å². The van der Waals surface area contributed by atoms with Crippen LogP contribution in [0.2, 0.25) is 0 Å². The van der Waals surface area contributed by atoms with Crippen LogP contribution in [0.1, 0.15) is 18.4 Å². The minimum absolute atomic E-state index is 0.780. The molecule has 2 heteroatoms. The molecule has 0 bridgehead atoms. The van der Waals surface area contributed by atoms with Gasteiger partial charge in [0.25, 0.3) is 0 Å². The second-order valence-corrected chi connectivity index (χ2v) is 4.94. The molecule has 0 aliphatic carbocycles. The lowest BCUT2D eigenvalue weighted by Gasteiger charge is -2.07. The summed E-state index contributed by atoms with van der Waals surface area (Å²) >= 11 is 0. The van der Waals surface area contributed by atoms with Gasteiger partial charge >= 0.3 is 0 Å². The summed E-state index contributed by atoms with van der Waals surface area (Å²) in [5.74, 6) is 0. The molecule has 2 aromatic rings. The van der Waals surface area contributed by atoms with E-state index >= 15 is 0 Å². The summed E-state index contributed by atoms with van der Waals surface area (Å²) in [5, 5.41) is 12.7.